The third kappa shape index (κ3) is 7.01. The molecule has 10 heteroatoms. The number of carbonyl (C=O) groups is 4. The van der Waals surface area contributed by atoms with E-state index in [2.05, 4.69) is 28.1 Å². The van der Waals surface area contributed by atoms with Crippen LogP contribution >= 0.6 is 0 Å². The molecule has 3 atom stereocenters. The summed E-state index contributed by atoms with van der Waals surface area (Å²) in [6, 6.07) is 20.4. The minimum absolute atomic E-state index is 0.102. The van der Waals surface area contributed by atoms with Gasteiger partial charge >= 0.3 is 6.09 Å². The minimum Gasteiger partial charge on any atom is -0.449 e. The topological polar surface area (TPSA) is 137 Å². The predicted molar refractivity (Wildman–Crippen MR) is 170 cm³/mol. The molecule has 45 heavy (non-hydrogen) atoms. The quantitative estimate of drug-likeness (QED) is 0.271. The van der Waals surface area contributed by atoms with Gasteiger partial charge in [-0.1, -0.05) is 74.5 Å². The van der Waals surface area contributed by atoms with Crippen molar-refractivity contribution < 1.29 is 29.0 Å². The van der Waals surface area contributed by atoms with E-state index in [-0.39, 0.29) is 31.0 Å². The van der Waals surface area contributed by atoms with Crippen molar-refractivity contribution in [3.8, 4) is 11.1 Å². The lowest BCUT2D eigenvalue weighted by Crippen LogP contribution is -2.56. The van der Waals surface area contributed by atoms with Crippen LogP contribution in [0.1, 0.15) is 56.2 Å². The summed E-state index contributed by atoms with van der Waals surface area (Å²) in [5, 5.41) is 17.5. The Balaban J connectivity index is 1.16. The molecule has 2 unspecified atom stereocenters. The van der Waals surface area contributed by atoms with Gasteiger partial charge in [0.05, 0.1) is 6.61 Å². The van der Waals surface area contributed by atoms with Gasteiger partial charge in [-0.05, 0) is 65.6 Å². The second-order valence-electron chi connectivity index (χ2n) is 12.0. The summed E-state index contributed by atoms with van der Waals surface area (Å²) in [4.78, 5) is 54.1. The van der Waals surface area contributed by atoms with Gasteiger partial charge < -0.3 is 30.7 Å². The number of carbonyl (C=O) groups excluding carboxylic acids is 4. The standard InChI is InChI=1S/C35H40N4O6/c1-21(2)31(33(42)37-24-16-14-23(19-40)15-17-24)38-32(41)30-13-8-18-39(30)34(43)22(3)36-35(44)45-20-29-27-11-6-4-9-25(27)26-10-5-7-12-28(26)29/h4-7,9-12,14-17,21-22,29-31,40H,8,13,18-20H2,1-3H3,(H,36,44)(H,37,42)(H,38,41)/t22?,30-,31?/m0/s1. The van der Waals surface area contributed by atoms with Gasteiger partial charge in [-0.25, -0.2) is 4.79 Å². The molecule has 10 nitrogen and oxygen atoms in total. The number of nitrogens with zero attached hydrogens (tertiary/aromatic N) is 1. The van der Waals surface area contributed by atoms with Crippen LogP contribution in [0.3, 0.4) is 0 Å². The summed E-state index contributed by atoms with van der Waals surface area (Å²) >= 11 is 0. The first kappa shape index (κ1) is 31.7. The number of rotatable bonds is 10. The number of aliphatic hydroxyl groups excluding tert-OH is 1. The fraction of sp³-hybridized carbons (Fsp3) is 0.371. The Morgan fingerprint density at radius 2 is 1.51 bits per heavy atom. The summed E-state index contributed by atoms with van der Waals surface area (Å²) < 4.78 is 5.61. The van der Waals surface area contributed by atoms with Gasteiger partial charge in [0.2, 0.25) is 17.7 Å². The maximum atomic E-state index is 13.4. The zero-order valence-electron chi connectivity index (χ0n) is 25.8. The highest BCUT2D eigenvalue weighted by Gasteiger charge is 2.38. The van der Waals surface area contributed by atoms with Gasteiger partial charge in [-0.3, -0.25) is 14.4 Å². The van der Waals surface area contributed by atoms with Gasteiger partial charge in [0.15, 0.2) is 0 Å². The van der Waals surface area contributed by atoms with Crippen LogP contribution in [0, 0.1) is 5.92 Å². The van der Waals surface area contributed by atoms with Crippen LogP contribution in [0.25, 0.3) is 11.1 Å². The first-order valence-corrected chi connectivity index (χ1v) is 15.4. The number of aliphatic hydroxyl groups is 1. The van der Waals surface area contributed by atoms with Crippen LogP contribution in [-0.2, 0) is 25.7 Å². The number of nitrogens with one attached hydrogen (secondary N) is 3. The normalized spacial score (nSPS) is 16.8. The van der Waals surface area contributed by atoms with Crippen molar-refractivity contribution >= 4 is 29.5 Å². The fourth-order valence-electron chi connectivity index (χ4n) is 6.13. The van der Waals surface area contributed by atoms with Gasteiger partial charge in [0.1, 0.15) is 24.7 Å². The maximum Gasteiger partial charge on any atom is 0.407 e. The zero-order chi connectivity index (χ0) is 32.1. The second kappa shape index (κ2) is 13.9. The van der Waals surface area contributed by atoms with E-state index in [4.69, 9.17) is 4.74 Å². The van der Waals surface area contributed by atoms with E-state index >= 15 is 0 Å². The van der Waals surface area contributed by atoms with Crippen molar-refractivity contribution in [1.29, 1.82) is 0 Å². The van der Waals surface area contributed by atoms with E-state index in [1.54, 1.807) is 31.2 Å². The average molecular weight is 613 g/mol. The third-order valence-corrected chi connectivity index (χ3v) is 8.54. The second-order valence-corrected chi connectivity index (χ2v) is 12.0. The lowest BCUT2D eigenvalue weighted by molar-refractivity contribution is -0.140. The summed E-state index contributed by atoms with van der Waals surface area (Å²) in [7, 11) is 0. The highest BCUT2D eigenvalue weighted by Crippen LogP contribution is 2.44. The molecule has 3 aromatic rings. The molecule has 1 heterocycles. The minimum atomic E-state index is -0.917. The number of fused-ring (bicyclic) bond motifs is 3. The van der Waals surface area contributed by atoms with E-state index in [0.29, 0.717) is 25.1 Å². The largest absolute Gasteiger partial charge is 0.449 e. The molecule has 4 N–H and O–H groups in total. The Morgan fingerprint density at radius 1 is 0.889 bits per heavy atom. The molecule has 1 fully saturated rings. The molecular weight excluding hydrogens is 572 g/mol. The van der Waals surface area contributed by atoms with Gasteiger partial charge in [0.25, 0.3) is 0 Å². The molecule has 1 aliphatic carbocycles. The first-order valence-electron chi connectivity index (χ1n) is 15.4. The lowest BCUT2D eigenvalue weighted by Gasteiger charge is -2.29. The molecular formula is C35H40N4O6. The Morgan fingerprint density at radius 3 is 2.11 bits per heavy atom. The van der Waals surface area contributed by atoms with E-state index in [9.17, 15) is 24.3 Å². The monoisotopic (exact) mass is 612 g/mol. The maximum absolute atomic E-state index is 13.4. The van der Waals surface area contributed by atoms with Gasteiger partial charge in [-0.2, -0.15) is 0 Å². The summed E-state index contributed by atoms with van der Waals surface area (Å²) in [6.45, 7) is 5.62. The number of benzene rings is 3. The highest BCUT2D eigenvalue weighted by molar-refractivity contribution is 5.99. The van der Waals surface area contributed by atoms with E-state index in [1.807, 2.05) is 50.2 Å². The smallest absolute Gasteiger partial charge is 0.407 e. The molecule has 1 aliphatic heterocycles. The number of ether oxygens (including phenoxy) is 1. The SMILES string of the molecule is CC(NC(=O)OCC1c2ccccc2-c2ccccc21)C(=O)N1CCC[C@H]1C(=O)NC(C(=O)Nc1ccc(CO)cc1)C(C)C. The molecule has 0 aromatic heterocycles. The first-order chi connectivity index (χ1) is 21.7. The van der Waals surface area contributed by atoms with Crippen LogP contribution in [0.5, 0.6) is 0 Å². The van der Waals surface area contributed by atoms with Gasteiger partial charge in [0, 0.05) is 18.2 Å². The van der Waals surface area contributed by atoms with Crippen LogP contribution in [-0.4, -0.2) is 65.1 Å². The third-order valence-electron chi connectivity index (χ3n) is 8.54. The Labute approximate surface area is 263 Å². The number of amides is 4. The van der Waals surface area contributed by atoms with Crippen LogP contribution in [0.2, 0.25) is 0 Å². The predicted octanol–water partition coefficient (Wildman–Crippen LogP) is 4.18. The van der Waals surface area contributed by atoms with Crippen molar-refractivity contribution in [2.75, 3.05) is 18.5 Å². The molecule has 0 saturated carbocycles. The molecule has 0 radical (unpaired) electrons. The lowest BCUT2D eigenvalue weighted by atomic mass is 9.98. The van der Waals surface area contributed by atoms with E-state index < -0.39 is 36.0 Å². The Kier molecular flexibility index (Phi) is 9.83. The highest BCUT2D eigenvalue weighted by atomic mass is 16.5. The summed E-state index contributed by atoms with van der Waals surface area (Å²) in [5.74, 6) is -1.51. The molecule has 236 valence electrons. The molecule has 1 saturated heterocycles. The summed E-state index contributed by atoms with van der Waals surface area (Å²) in [5.41, 5.74) is 5.69. The molecule has 2 aliphatic rings. The van der Waals surface area contributed by atoms with E-state index in [0.717, 1.165) is 27.8 Å². The fourth-order valence-corrected chi connectivity index (χ4v) is 6.13. The average Bonchev–Trinajstić information content (AvgIpc) is 3.66. The molecule has 0 bridgehead atoms. The molecule has 4 amide bonds. The van der Waals surface area contributed by atoms with Crippen LogP contribution in [0.15, 0.2) is 72.8 Å². The van der Waals surface area contributed by atoms with Crippen molar-refractivity contribution in [3.63, 3.8) is 0 Å². The van der Waals surface area contributed by atoms with Crippen molar-refractivity contribution in [1.82, 2.24) is 15.5 Å². The van der Waals surface area contributed by atoms with Crippen molar-refractivity contribution in [3.05, 3.63) is 89.5 Å². The Bertz CT molecular complexity index is 1510. The number of hydrogen-bond donors (Lipinski definition) is 4. The van der Waals surface area contributed by atoms with E-state index in [1.165, 1.54) is 4.90 Å². The van der Waals surface area contributed by atoms with Gasteiger partial charge in [-0.15, -0.1) is 0 Å². The molecule has 0 spiro atoms. The Hall–Kier alpha value is -4.70. The van der Waals surface area contributed by atoms with Crippen molar-refractivity contribution in [2.24, 2.45) is 5.92 Å². The number of likely N-dealkylation sites (tertiary alicyclic amines) is 1. The number of alkyl carbamates (subject to hydrolysis) is 1. The van der Waals surface area contributed by atoms with Crippen LogP contribution < -0.4 is 16.0 Å². The molecule has 5 rings (SSSR count). The zero-order valence-corrected chi connectivity index (χ0v) is 25.8. The van der Waals surface area contributed by atoms with Crippen molar-refractivity contribution in [2.45, 2.75) is 64.3 Å². The number of hydrogen-bond acceptors (Lipinski definition) is 6. The van der Waals surface area contributed by atoms with Crippen LogP contribution in [0.4, 0.5) is 10.5 Å². The summed E-state index contributed by atoms with van der Waals surface area (Å²) in [6.07, 6.45) is 0.364. The molecule has 3 aromatic carbocycles. The number of anilines is 1.